The van der Waals surface area contributed by atoms with Crippen molar-refractivity contribution >= 4 is 33.0 Å². The Bertz CT molecular complexity index is 671. The Morgan fingerprint density at radius 3 is 2.58 bits per heavy atom. The molecule has 0 aliphatic heterocycles. The van der Waals surface area contributed by atoms with Crippen molar-refractivity contribution < 1.29 is 12.9 Å². The van der Waals surface area contributed by atoms with Gasteiger partial charge in [-0.3, -0.25) is 0 Å². The third kappa shape index (κ3) is 2.84. The Kier molecular flexibility index (Phi) is 4.00. The first-order valence-corrected chi connectivity index (χ1v) is 8.09. The molecule has 0 fully saturated rings. The molecule has 0 atom stereocenters. The van der Waals surface area contributed by atoms with Crippen LogP contribution in [0.2, 0.25) is 4.34 Å². The fourth-order valence-electron chi connectivity index (χ4n) is 1.63. The van der Waals surface area contributed by atoms with E-state index in [1.165, 1.54) is 17.4 Å². The van der Waals surface area contributed by atoms with Gasteiger partial charge < -0.3 is 4.52 Å². The van der Waals surface area contributed by atoms with E-state index in [4.69, 9.17) is 16.1 Å². The van der Waals surface area contributed by atoms with E-state index in [1.807, 2.05) is 0 Å². The molecular formula is C11H13ClN2O3S2. The lowest BCUT2D eigenvalue weighted by molar-refractivity contribution is 0.390. The van der Waals surface area contributed by atoms with E-state index in [2.05, 4.69) is 5.16 Å². The van der Waals surface area contributed by atoms with E-state index < -0.39 is 10.0 Å². The van der Waals surface area contributed by atoms with Crippen LogP contribution in [0.25, 0.3) is 0 Å². The van der Waals surface area contributed by atoms with Gasteiger partial charge in [0.1, 0.15) is 9.97 Å². The Hall–Kier alpha value is -0.890. The van der Waals surface area contributed by atoms with Crippen molar-refractivity contribution in [3.05, 3.63) is 33.5 Å². The first-order valence-electron chi connectivity index (χ1n) is 5.46. The van der Waals surface area contributed by atoms with Gasteiger partial charge in [0.05, 0.1) is 10.0 Å². The van der Waals surface area contributed by atoms with Gasteiger partial charge in [-0.1, -0.05) is 16.8 Å². The largest absolute Gasteiger partial charge is 0.361 e. The van der Waals surface area contributed by atoms with Gasteiger partial charge in [-0.25, -0.2) is 8.42 Å². The van der Waals surface area contributed by atoms with Crippen LogP contribution in [0.3, 0.4) is 0 Å². The van der Waals surface area contributed by atoms with E-state index in [0.29, 0.717) is 15.8 Å². The molecule has 0 bridgehead atoms. The Morgan fingerprint density at radius 1 is 1.42 bits per heavy atom. The van der Waals surface area contributed by atoms with Crippen molar-refractivity contribution in [2.75, 3.05) is 7.05 Å². The molecule has 2 aromatic heterocycles. The second-order valence-electron chi connectivity index (χ2n) is 4.12. The van der Waals surface area contributed by atoms with E-state index in [-0.39, 0.29) is 10.8 Å². The monoisotopic (exact) mass is 320 g/mol. The third-order valence-electron chi connectivity index (χ3n) is 2.78. The maximum Gasteiger partial charge on any atom is 0.252 e. The minimum absolute atomic E-state index is 0.221. The zero-order valence-electron chi connectivity index (χ0n) is 10.7. The first kappa shape index (κ1) is 14.5. The summed E-state index contributed by atoms with van der Waals surface area (Å²) >= 11 is 6.82. The standard InChI is InChI=1S/C11H13ClN2O3S2/c1-7-9(8(2)17-13-7)6-14(3)19(15,16)11-5-4-10(12)18-11/h4-5H,6H2,1-3H3. The third-order valence-corrected chi connectivity index (χ3v) is 6.28. The summed E-state index contributed by atoms with van der Waals surface area (Å²) in [5, 5.41) is 3.81. The molecule has 0 radical (unpaired) electrons. The van der Waals surface area contributed by atoms with Gasteiger partial charge in [0.2, 0.25) is 0 Å². The van der Waals surface area contributed by atoms with Gasteiger partial charge in [-0.2, -0.15) is 4.31 Å². The van der Waals surface area contributed by atoms with Crippen molar-refractivity contribution in [3.8, 4) is 0 Å². The second-order valence-corrected chi connectivity index (χ2v) is 8.11. The zero-order chi connectivity index (χ0) is 14.2. The summed E-state index contributed by atoms with van der Waals surface area (Å²) in [5.41, 5.74) is 1.48. The average Bonchev–Trinajstić information content (AvgIpc) is 2.90. The smallest absolute Gasteiger partial charge is 0.252 e. The maximum absolute atomic E-state index is 12.3. The number of halogens is 1. The number of rotatable bonds is 4. The molecule has 0 aromatic carbocycles. The van der Waals surface area contributed by atoms with E-state index in [0.717, 1.165) is 16.9 Å². The van der Waals surface area contributed by atoms with Crippen LogP contribution >= 0.6 is 22.9 Å². The minimum atomic E-state index is -3.53. The maximum atomic E-state index is 12.3. The summed E-state index contributed by atoms with van der Waals surface area (Å²) in [5.74, 6) is 0.628. The number of hydrogen-bond donors (Lipinski definition) is 0. The average molecular weight is 321 g/mol. The normalized spacial score (nSPS) is 12.3. The van der Waals surface area contributed by atoms with Gasteiger partial charge in [-0.15, -0.1) is 11.3 Å². The number of thiophene rings is 1. The van der Waals surface area contributed by atoms with E-state index in [1.54, 1.807) is 19.9 Å². The van der Waals surface area contributed by atoms with Crippen LogP contribution in [0.5, 0.6) is 0 Å². The molecule has 0 aliphatic carbocycles. The van der Waals surface area contributed by atoms with Gasteiger partial charge >= 0.3 is 0 Å². The quantitative estimate of drug-likeness (QED) is 0.869. The molecule has 2 rings (SSSR count). The number of nitrogens with zero attached hydrogens (tertiary/aromatic N) is 2. The van der Waals surface area contributed by atoms with Crippen LogP contribution < -0.4 is 0 Å². The summed E-state index contributed by atoms with van der Waals surface area (Å²) in [4.78, 5) is 0. The molecule has 0 amide bonds. The van der Waals surface area contributed by atoms with Gasteiger partial charge in [0, 0.05) is 19.2 Å². The van der Waals surface area contributed by atoms with Crippen molar-refractivity contribution in [1.29, 1.82) is 0 Å². The topological polar surface area (TPSA) is 63.4 Å². The molecule has 5 nitrogen and oxygen atoms in total. The first-order chi connectivity index (χ1) is 8.82. The number of sulfonamides is 1. The molecular weight excluding hydrogens is 308 g/mol. The highest BCUT2D eigenvalue weighted by molar-refractivity contribution is 7.91. The molecule has 0 N–H and O–H groups in total. The fraction of sp³-hybridized carbons (Fsp3) is 0.364. The molecule has 0 aliphatic rings. The Labute approximate surface area is 120 Å². The highest BCUT2D eigenvalue weighted by Gasteiger charge is 2.24. The predicted octanol–water partition coefficient (Wildman–Crippen LogP) is 2.83. The van der Waals surface area contributed by atoms with Crippen LogP contribution in [0, 0.1) is 13.8 Å². The molecule has 8 heteroatoms. The molecule has 0 saturated carbocycles. The van der Waals surface area contributed by atoms with Gasteiger partial charge in [-0.05, 0) is 26.0 Å². The van der Waals surface area contributed by atoms with Gasteiger partial charge in [0.15, 0.2) is 0 Å². The lowest BCUT2D eigenvalue weighted by atomic mass is 10.2. The zero-order valence-corrected chi connectivity index (χ0v) is 13.1. The minimum Gasteiger partial charge on any atom is -0.361 e. The Balaban J connectivity index is 2.27. The SMILES string of the molecule is Cc1noc(C)c1CN(C)S(=O)(=O)c1ccc(Cl)s1. The summed E-state index contributed by atoms with van der Waals surface area (Å²) in [6.45, 7) is 3.77. The summed E-state index contributed by atoms with van der Waals surface area (Å²) in [6.07, 6.45) is 0. The van der Waals surface area contributed by atoms with Crippen LogP contribution in [-0.2, 0) is 16.6 Å². The van der Waals surface area contributed by atoms with E-state index in [9.17, 15) is 8.42 Å². The molecule has 2 heterocycles. The summed E-state index contributed by atoms with van der Waals surface area (Å²) in [6, 6.07) is 3.08. The fourth-order valence-corrected chi connectivity index (χ4v) is 4.46. The second kappa shape index (κ2) is 5.24. The molecule has 0 spiro atoms. The lowest BCUT2D eigenvalue weighted by Gasteiger charge is -2.15. The molecule has 0 unspecified atom stereocenters. The van der Waals surface area contributed by atoms with Crippen molar-refractivity contribution in [1.82, 2.24) is 9.46 Å². The molecule has 0 saturated heterocycles. The van der Waals surface area contributed by atoms with E-state index >= 15 is 0 Å². The Morgan fingerprint density at radius 2 is 2.11 bits per heavy atom. The highest BCUT2D eigenvalue weighted by Crippen LogP contribution is 2.28. The van der Waals surface area contributed by atoms with Crippen molar-refractivity contribution in [2.45, 2.75) is 24.6 Å². The van der Waals surface area contributed by atoms with Crippen molar-refractivity contribution in [2.24, 2.45) is 0 Å². The van der Waals surface area contributed by atoms with Gasteiger partial charge in [0.25, 0.3) is 10.0 Å². The summed E-state index contributed by atoms with van der Waals surface area (Å²) < 4.78 is 31.6. The highest BCUT2D eigenvalue weighted by atomic mass is 35.5. The summed E-state index contributed by atoms with van der Waals surface area (Å²) in [7, 11) is -2.01. The number of hydrogen-bond acceptors (Lipinski definition) is 5. The van der Waals surface area contributed by atoms with Crippen LogP contribution in [0.15, 0.2) is 20.9 Å². The van der Waals surface area contributed by atoms with Crippen LogP contribution in [0.1, 0.15) is 17.0 Å². The van der Waals surface area contributed by atoms with Crippen LogP contribution in [-0.4, -0.2) is 24.9 Å². The molecule has 19 heavy (non-hydrogen) atoms. The predicted molar refractivity (Wildman–Crippen MR) is 74.0 cm³/mol. The van der Waals surface area contributed by atoms with Crippen molar-refractivity contribution in [3.63, 3.8) is 0 Å². The van der Waals surface area contributed by atoms with Crippen LogP contribution in [0.4, 0.5) is 0 Å². The number of aromatic nitrogens is 1. The lowest BCUT2D eigenvalue weighted by Crippen LogP contribution is -2.26. The molecule has 2 aromatic rings. The molecule has 104 valence electrons. The number of aryl methyl sites for hydroxylation is 2.